The van der Waals surface area contributed by atoms with Crippen LogP contribution in [0.2, 0.25) is 0 Å². The van der Waals surface area contributed by atoms with Crippen LogP contribution in [0.1, 0.15) is 0 Å². The van der Waals surface area contributed by atoms with E-state index in [4.69, 9.17) is 0 Å². The minimum Gasteiger partial charge on any atom is -0.435 e. The van der Waals surface area contributed by atoms with Crippen molar-refractivity contribution in [1.29, 1.82) is 0 Å². The molecular formula is C7H7F2NOS. The minimum absolute atomic E-state index is 0.115. The first-order chi connectivity index (χ1) is 5.72. The van der Waals surface area contributed by atoms with Gasteiger partial charge in [-0.05, 0) is 12.1 Å². The molecule has 0 aliphatic rings. The Morgan fingerprint density at radius 3 is 2.75 bits per heavy atom. The average molecular weight is 191 g/mol. The molecule has 1 aromatic rings. The van der Waals surface area contributed by atoms with Crippen LogP contribution < -0.4 is 9.46 Å². The van der Waals surface area contributed by atoms with E-state index in [1.54, 1.807) is 12.1 Å². The molecule has 5 heteroatoms. The normalized spacial score (nSPS) is 10.0. The standard InChI is InChI=1S/C7H7F2NOS/c8-7(9)11-6-3-1-2-5(4-6)10-12/h1-4,7,10,12H. The fourth-order valence-electron chi connectivity index (χ4n) is 0.742. The molecule has 12 heavy (non-hydrogen) atoms. The van der Waals surface area contributed by atoms with Crippen molar-refractivity contribution < 1.29 is 13.5 Å². The maximum atomic E-state index is 11.7. The molecule has 0 unspecified atom stereocenters. The Hall–Kier alpha value is -0.970. The van der Waals surface area contributed by atoms with Crippen molar-refractivity contribution in [3.63, 3.8) is 0 Å². The highest BCUT2D eigenvalue weighted by Crippen LogP contribution is 2.19. The van der Waals surface area contributed by atoms with Gasteiger partial charge in [0, 0.05) is 11.8 Å². The molecule has 66 valence electrons. The van der Waals surface area contributed by atoms with E-state index < -0.39 is 6.61 Å². The van der Waals surface area contributed by atoms with E-state index in [1.165, 1.54) is 12.1 Å². The van der Waals surface area contributed by atoms with Gasteiger partial charge in [-0.1, -0.05) is 18.9 Å². The minimum atomic E-state index is -2.79. The maximum Gasteiger partial charge on any atom is 0.387 e. The van der Waals surface area contributed by atoms with Crippen LogP contribution in [0.5, 0.6) is 5.75 Å². The van der Waals surface area contributed by atoms with E-state index in [2.05, 4.69) is 22.3 Å². The molecular weight excluding hydrogens is 184 g/mol. The van der Waals surface area contributed by atoms with Crippen LogP contribution in [-0.4, -0.2) is 6.61 Å². The topological polar surface area (TPSA) is 21.3 Å². The van der Waals surface area contributed by atoms with Crippen LogP contribution in [-0.2, 0) is 0 Å². The van der Waals surface area contributed by atoms with Gasteiger partial charge in [-0.25, -0.2) is 0 Å². The van der Waals surface area contributed by atoms with Gasteiger partial charge in [-0.15, -0.1) is 0 Å². The molecule has 0 amide bonds. The van der Waals surface area contributed by atoms with Gasteiger partial charge in [-0.2, -0.15) is 8.78 Å². The summed E-state index contributed by atoms with van der Waals surface area (Å²) >= 11 is 3.75. The number of halogens is 2. The summed E-state index contributed by atoms with van der Waals surface area (Å²) in [5.41, 5.74) is 0.608. The smallest absolute Gasteiger partial charge is 0.387 e. The number of ether oxygens (including phenoxy) is 1. The molecule has 0 saturated heterocycles. The number of benzene rings is 1. The van der Waals surface area contributed by atoms with Crippen LogP contribution in [0, 0.1) is 0 Å². The zero-order valence-corrected chi connectivity index (χ0v) is 6.89. The van der Waals surface area contributed by atoms with Crippen molar-refractivity contribution in [2.24, 2.45) is 0 Å². The lowest BCUT2D eigenvalue weighted by Crippen LogP contribution is -2.01. The van der Waals surface area contributed by atoms with Gasteiger partial charge in [0.2, 0.25) is 0 Å². The van der Waals surface area contributed by atoms with E-state index in [0.29, 0.717) is 5.69 Å². The van der Waals surface area contributed by atoms with Crippen molar-refractivity contribution >= 4 is 18.5 Å². The van der Waals surface area contributed by atoms with Crippen LogP contribution in [0.4, 0.5) is 14.5 Å². The monoisotopic (exact) mass is 191 g/mol. The van der Waals surface area contributed by atoms with E-state index in [1.807, 2.05) is 0 Å². The highest BCUT2D eigenvalue weighted by molar-refractivity contribution is 7.81. The molecule has 0 saturated carbocycles. The van der Waals surface area contributed by atoms with E-state index in [0.717, 1.165) is 0 Å². The zero-order valence-electron chi connectivity index (χ0n) is 6.00. The molecule has 0 aromatic heterocycles. The Morgan fingerprint density at radius 1 is 1.42 bits per heavy atom. The summed E-state index contributed by atoms with van der Waals surface area (Å²) in [6.07, 6.45) is 0. The van der Waals surface area contributed by atoms with Crippen molar-refractivity contribution in [1.82, 2.24) is 0 Å². The number of nitrogens with one attached hydrogen (secondary N) is 1. The fraction of sp³-hybridized carbons (Fsp3) is 0.143. The molecule has 1 aromatic carbocycles. The number of thiol groups is 1. The summed E-state index contributed by atoms with van der Waals surface area (Å²) in [5, 5.41) is 0. The molecule has 0 heterocycles. The highest BCUT2D eigenvalue weighted by atomic mass is 32.1. The summed E-state index contributed by atoms with van der Waals surface area (Å²) < 4.78 is 30.0. The first-order valence-electron chi connectivity index (χ1n) is 3.17. The quantitative estimate of drug-likeness (QED) is 0.716. The predicted octanol–water partition coefficient (Wildman–Crippen LogP) is 2.54. The number of rotatable bonds is 3. The van der Waals surface area contributed by atoms with Gasteiger partial charge in [0.15, 0.2) is 0 Å². The lowest BCUT2D eigenvalue weighted by Gasteiger charge is -2.05. The number of hydrogen-bond acceptors (Lipinski definition) is 3. The third-order valence-electron chi connectivity index (χ3n) is 1.19. The van der Waals surface area contributed by atoms with Crippen molar-refractivity contribution in [3.05, 3.63) is 24.3 Å². The Labute approximate surface area is 74.1 Å². The van der Waals surface area contributed by atoms with Gasteiger partial charge in [-0.3, -0.25) is 0 Å². The lowest BCUT2D eigenvalue weighted by atomic mass is 10.3. The first-order valence-corrected chi connectivity index (χ1v) is 3.62. The van der Waals surface area contributed by atoms with Gasteiger partial charge >= 0.3 is 6.61 Å². The van der Waals surface area contributed by atoms with Crippen LogP contribution >= 0.6 is 12.8 Å². The first kappa shape index (κ1) is 9.12. The molecule has 1 rings (SSSR count). The molecule has 0 aliphatic carbocycles. The molecule has 0 atom stereocenters. The molecule has 0 aliphatic heterocycles. The second-order valence-electron chi connectivity index (χ2n) is 2.02. The fourth-order valence-corrected chi connectivity index (χ4v) is 0.881. The summed E-state index contributed by atoms with van der Waals surface area (Å²) in [6, 6.07) is 6.15. The molecule has 2 nitrogen and oxygen atoms in total. The van der Waals surface area contributed by atoms with Crippen molar-refractivity contribution in [2.45, 2.75) is 6.61 Å². The molecule has 1 N–H and O–H groups in total. The second kappa shape index (κ2) is 4.15. The van der Waals surface area contributed by atoms with E-state index in [9.17, 15) is 8.78 Å². The van der Waals surface area contributed by atoms with Crippen LogP contribution in [0.25, 0.3) is 0 Å². The second-order valence-corrected chi connectivity index (χ2v) is 2.24. The summed E-state index contributed by atoms with van der Waals surface area (Å²) in [5.74, 6) is 0.115. The van der Waals surface area contributed by atoms with Crippen LogP contribution in [0.15, 0.2) is 24.3 Å². The Balaban J connectivity index is 2.72. The third-order valence-corrected chi connectivity index (χ3v) is 1.45. The Morgan fingerprint density at radius 2 is 2.17 bits per heavy atom. The largest absolute Gasteiger partial charge is 0.435 e. The molecule has 0 spiro atoms. The summed E-state index contributed by atoms with van der Waals surface area (Å²) in [4.78, 5) is 0. The van der Waals surface area contributed by atoms with E-state index in [-0.39, 0.29) is 5.75 Å². The summed E-state index contributed by atoms with van der Waals surface area (Å²) in [7, 11) is 0. The predicted molar refractivity (Wildman–Crippen MR) is 45.7 cm³/mol. The van der Waals surface area contributed by atoms with E-state index >= 15 is 0 Å². The van der Waals surface area contributed by atoms with Gasteiger partial charge in [0.25, 0.3) is 0 Å². The number of hydrogen-bond donors (Lipinski definition) is 2. The molecule has 0 radical (unpaired) electrons. The van der Waals surface area contributed by atoms with Crippen molar-refractivity contribution in [2.75, 3.05) is 4.72 Å². The summed E-state index contributed by atoms with van der Waals surface area (Å²) in [6.45, 7) is -2.79. The average Bonchev–Trinajstić information content (AvgIpc) is 2.03. The number of anilines is 1. The number of alkyl halides is 2. The van der Waals surface area contributed by atoms with Crippen molar-refractivity contribution in [3.8, 4) is 5.75 Å². The van der Waals surface area contributed by atoms with Gasteiger partial charge < -0.3 is 9.46 Å². The van der Waals surface area contributed by atoms with Gasteiger partial charge in [0.05, 0.1) is 0 Å². The zero-order chi connectivity index (χ0) is 8.97. The Bertz CT molecular complexity index is 257. The van der Waals surface area contributed by atoms with Crippen LogP contribution in [0.3, 0.4) is 0 Å². The SMILES string of the molecule is FC(F)Oc1cccc(NS)c1. The Kier molecular flexibility index (Phi) is 3.16. The highest BCUT2D eigenvalue weighted by Gasteiger charge is 2.03. The lowest BCUT2D eigenvalue weighted by molar-refractivity contribution is -0.0497. The molecule has 0 fully saturated rings. The van der Waals surface area contributed by atoms with Gasteiger partial charge in [0.1, 0.15) is 5.75 Å². The molecule has 0 bridgehead atoms. The maximum absolute atomic E-state index is 11.7. The third kappa shape index (κ3) is 2.58.